The topological polar surface area (TPSA) is 80.9 Å². The average molecular weight is 365 g/mol. The molecule has 8 heteroatoms. The van der Waals surface area contributed by atoms with E-state index >= 15 is 0 Å². The van der Waals surface area contributed by atoms with Gasteiger partial charge in [-0.1, -0.05) is 16.8 Å². The number of hydrogen-bond donors (Lipinski definition) is 2. The summed E-state index contributed by atoms with van der Waals surface area (Å²) in [7, 11) is 1.72. The van der Waals surface area contributed by atoms with Crippen molar-refractivity contribution in [3.05, 3.63) is 39.7 Å². The normalized spacial score (nSPS) is 13.7. The minimum atomic E-state index is 0.516. The molecule has 0 amide bonds. The maximum Gasteiger partial charge on any atom is 0.191 e. The Labute approximate surface area is 151 Å². The van der Waals surface area contributed by atoms with Gasteiger partial charge in [-0.15, -0.1) is 0 Å². The summed E-state index contributed by atoms with van der Waals surface area (Å²) < 4.78 is 16.3. The van der Waals surface area contributed by atoms with Gasteiger partial charge < -0.3 is 24.6 Å². The Bertz CT molecular complexity index is 769. The fourth-order valence-electron chi connectivity index (χ4n) is 2.60. The highest BCUT2D eigenvalue weighted by Crippen LogP contribution is 2.38. The largest absolute Gasteiger partial charge is 0.486 e. The quantitative estimate of drug-likeness (QED) is 0.641. The maximum absolute atomic E-state index is 6.26. The molecule has 3 rings (SSSR count). The van der Waals surface area contributed by atoms with Crippen LogP contribution in [0.2, 0.25) is 5.02 Å². The number of guanidine groups is 1. The van der Waals surface area contributed by atoms with Crippen LogP contribution in [0.3, 0.4) is 0 Å². The number of rotatable bonds is 4. The third-order valence-electron chi connectivity index (χ3n) is 3.95. The maximum atomic E-state index is 6.26. The first-order valence-corrected chi connectivity index (χ1v) is 8.40. The van der Waals surface area contributed by atoms with Gasteiger partial charge in [0.1, 0.15) is 19.0 Å². The molecule has 2 N–H and O–H groups in total. The molecule has 2 aromatic rings. The van der Waals surface area contributed by atoms with Crippen molar-refractivity contribution in [3.8, 4) is 11.5 Å². The van der Waals surface area contributed by atoms with Gasteiger partial charge in [-0.25, -0.2) is 0 Å². The molecule has 1 aromatic carbocycles. The molecular weight excluding hydrogens is 344 g/mol. The number of nitrogens with one attached hydrogen (secondary N) is 2. The number of nitrogens with zero attached hydrogens (tertiary/aromatic N) is 2. The Morgan fingerprint density at radius 3 is 2.68 bits per heavy atom. The number of benzene rings is 1. The molecule has 0 radical (unpaired) electrons. The van der Waals surface area contributed by atoms with Gasteiger partial charge in [0.15, 0.2) is 17.5 Å². The molecular formula is C17H21ClN4O3. The van der Waals surface area contributed by atoms with Crippen LogP contribution in [0.5, 0.6) is 11.5 Å². The summed E-state index contributed by atoms with van der Waals surface area (Å²) in [6, 6.07) is 3.79. The molecule has 1 aromatic heterocycles. The lowest BCUT2D eigenvalue weighted by Crippen LogP contribution is -2.36. The van der Waals surface area contributed by atoms with Gasteiger partial charge in [0, 0.05) is 25.7 Å². The van der Waals surface area contributed by atoms with Crippen LogP contribution < -0.4 is 20.1 Å². The van der Waals surface area contributed by atoms with Crippen LogP contribution in [0, 0.1) is 13.8 Å². The standard InChI is InChI=1S/C17H21ClN4O3/c1-10-13(11(2)25-22-10)9-21-17(19-3)20-8-12-6-14(18)16-15(7-12)23-4-5-24-16/h6-7H,4-5,8-9H2,1-3H3,(H2,19,20,21). The highest BCUT2D eigenvalue weighted by Gasteiger charge is 2.16. The van der Waals surface area contributed by atoms with Gasteiger partial charge in [-0.05, 0) is 31.5 Å². The van der Waals surface area contributed by atoms with E-state index in [1.165, 1.54) is 0 Å². The summed E-state index contributed by atoms with van der Waals surface area (Å²) in [5.41, 5.74) is 2.89. The number of aromatic nitrogens is 1. The van der Waals surface area contributed by atoms with E-state index < -0.39 is 0 Å². The molecule has 0 aliphatic carbocycles. The summed E-state index contributed by atoms with van der Waals surface area (Å²) >= 11 is 6.26. The highest BCUT2D eigenvalue weighted by atomic mass is 35.5. The molecule has 1 aliphatic heterocycles. The molecule has 0 spiro atoms. The molecule has 1 aliphatic rings. The van der Waals surface area contributed by atoms with E-state index in [4.69, 9.17) is 25.6 Å². The number of aryl methyl sites for hydroxylation is 2. The lowest BCUT2D eigenvalue weighted by atomic mass is 10.2. The zero-order valence-electron chi connectivity index (χ0n) is 14.5. The van der Waals surface area contributed by atoms with Gasteiger partial charge in [0.25, 0.3) is 0 Å². The molecule has 2 heterocycles. The predicted molar refractivity (Wildman–Crippen MR) is 95.5 cm³/mol. The van der Waals surface area contributed by atoms with Crippen molar-refractivity contribution in [2.24, 2.45) is 4.99 Å². The van der Waals surface area contributed by atoms with Crippen molar-refractivity contribution in [1.29, 1.82) is 0 Å². The van der Waals surface area contributed by atoms with Crippen LogP contribution >= 0.6 is 11.6 Å². The van der Waals surface area contributed by atoms with Crippen molar-refractivity contribution in [3.63, 3.8) is 0 Å². The van der Waals surface area contributed by atoms with E-state index in [1.807, 2.05) is 26.0 Å². The Balaban J connectivity index is 1.61. The number of halogens is 1. The van der Waals surface area contributed by atoms with Crippen LogP contribution in [-0.2, 0) is 13.1 Å². The van der Waals surface area contributed by atoms with Crippen LogP contribution in [0.15, 0.2) is 21.6 Å². The van der Waals surface area contributed by atoms with Crippen molar-refractivity contribution in [2.45, 2.75) is 26.9 Å². The van der Waals surface area contributed by atoms with E-state index in [9.17, 15) is 0 Å². The van der Waals surface area contributed by atoms with Crippen molar-refractivity contribution in [2.75, 3.05) is 20.3 Å². The van der Waals surface area contributed by atoms with Crippen LogP contribution in [0.25, 0.3) is 0 Å². The molecule has 134 valence electrons. The molecule has 0 fully saturated rings. The van der Waals surface area contributed by atoms with E-state index in [0.29, 0.717) is 48.8 Å². The summed E-state index contributed by atoms with van der Waals surface area (Å²) in [5, 5.41) is 11.0. The van der Waals surface area contributed by atoms with E-state index in [2.05, 4.69) is 20.8 Å². The van der Waals surface area contributed by atoms with Crippen molar-refractivity contribution < 1.29 is 14.0 Å². The van der Waals surface area contributed by atoms with Gasteiger partial charge in [-0.2, -0.15) is 0 Å². The first-order chi connectivity index (χ1) is 12.1. The SMILES string of the molecule is CN=C(NCc1cc(Cl)c2c(c1)OCCO2)NCc1c(C)noc1C. The summed E-state index contributed by atoms with van der Waals surface area (Å²) in [5.74, 6) is 2.76. The number of aliphatic imine (C=N–C) groups is 1. The fraction of sp³-hybridized carbons (Fsp3) is 0.412. The fourth-order valence-corrected chi connectivity index (χ4v) is 2.89. The summed E-state index contributed by atoms with van der Waals surface area (Å²) in [6.07, 6.45) is 0. The zero-order valence-corrected chi connectivity index (χ0v) is 15.2. The monoisotopic (exact) mass is 364 g/mol. The second kappa shape index (κ2) is 7.65. The Morgan fingerprint density at radius 1 is 1.20 bits per heavy atom. The van der Waals surface area contributed by atoms with Crippen molar-refractivity contribution >= 4 is 17.6 Å². The molecule has 7 nitrogen and oxygen atoms in total. The number of hydrogen-bond acceptors (Lipinski definition) is 5. The first kappa shape index (κ1) is 17.4. The van der Waals surface area contributed by atoms with Crippen molar-refractivity contribution in [1.82, 2.24) is 15.8 Å². The molecule has 0 unspecified atom stereocenters. The highest BCUT2D eigenvalue weighted by molar-refractivity contribution is 6.32. The lowest BCUT2D eigenvalue weighted by Gasteiger charge is -2.20. The first-order valence-electron chi connectivity index (χ1n) is 8.02. The number of fused-ring (bicyclic) bond motifs is 1. The molecule has 0 atom stereocenters. The van der Waals surface area contributed by atoms with Gasteiger partial charge in [0.2, 0.25) is 0 Å². The Hall–Kier alpha value is -2.41. The minimum absolute atomic E-state index is 0.516. The average Bonchev–Trinajstić information content (AvgIpc) is 2.93. The van der Waals surface area contributed by atoms with Gasteiger partial charge in [0.05, 0.1) is 10.7 Å². The van der Waals surface area contributed by atoms with Crippen LogP contribution in [0.4, 0.5) is 0 Å². The van der Waals surface area contributed by atoms with E-state index in [1.54, 1.807) is 7.05 Å². The Morgan fingerprint density at radius 2 is 1.96 bits per heavy atom. The zero-order chi connectivity index (χ0) is 17.8. The third kappa shape index (κ3) is 3.99. The Kier molecular flexibility index (Phi) is 5.33. The summed E-state index contributed by atoms with van der Waals surface area (Å²) in [6.45, 7) is 6.00. The molecule has 0 bridgehead atoms. The second-order valence-electron chi connectivity index (χ2n) is 5.68. The molecule has 0 saturated carbocycles. The van der Waals surface area contributed by atoms with E-state index in [-0.39, 0.29) is 0 Å². The van der Waals surface area contributed by atoms with Crippen LogP contribution in [-0.4, -0.2) is 31.4 Å². The predicted octanol–water partition coefficient (Wildman–Crippen LogP) is 2.58. The lowest BCUT2D eigenvalue weighted by molar-refractivity contribution is 0.171. The smallest absolute Gasteiger partial charge is 0.191 e. The van der Waals surface area contributed by atoms with E-state index in [0.717, 1.165) is 22.6 Å². The molecule has 0 saturated heterocycles. The second-order valence-corrected chi connectivity index (χ2v) is 6.09. The van der Waals surface area contributed by atoms with Gasteiger partial charge in [-0.3, -0.25) is 4.99 Å². The van der Waals surface area contributed by atoms with Gasteiger partial charge >= 0.3 is 0 Å². The minimum Gasteiger partial charge on any atom is -0.486 e. The molecule has 25 heavy (non-hydrogen) atoms. The summed E-state index contributed by atoms with van der Waals surface area (Å²) in [4.78, 5) is 4.23. The number of ether oxygens (including phenoxy) is 2. The third-order valence-corrected chi connectivity index (χ3v) is 4.23. The van der Waals surface area contributed by atoms with Crippen LogP contribution in [0.1, 0.15) is 22.6 Å².